The van der Waals surface area contributed by atoms with E-state index in [0.717, 1.165) is 37.7 Å². The van der Waals surface area contributed by atoms with Crippen LogP contribution in [0.4, 0.5) is 0 Å². The number of likely N-dealkylation sites (tertiary alicyclic amines) is 1. The largest absolute Gasteiger partial charge is 0.465 e. The third-order valence-electron chi connectivity index (χ3n) is 8.06. The van der Waals surface area contributed by atoms with Gasteiger partial charge in [0, 0.05) is 6.04 Å². The zero-order valence-electron chi connectivity index (χ0n) is 23.7. The molecule has 1 saturated heterocycles. The highest BCUT2D eigenvalue weighted by molar-refractivity contribution is 5.89. The van der Waals surface area contributed by atoms with Crippen LogP contribution in [0.1, 0.15) is 97.0 Å². The van der Waals surface area contributed by atoms with E-state index < -0.39 is 18.1 Å². The molecule has 38 heavy (non-hydrogen) atoms. The van der Waals surface area contributed by atoms with Crippen molar-refractivity contribution in [1.29, 1.82) is 0 Å². The van der Waals surface area contributed by atoms with E-state index in [0.29, 0.717) is 31.8 Å². The van der Waals surface area contributed by atoms with Crippen molar-refractivity contribution in [2.75, 3.05) is 13.2 Å². The third kappa shape index (κ3) is 8.55. The summed E-state index contributed by atoms with van der Waals surface area (Å²) in [6.07, 6.45) is 11.7. The molecule has 7 nitrogen and oxygen atoms in total. The molecule has 1 amide bonds. The van der Waals surface area contributed by atoms with Crippen molar-refractivity contribution in [3.8, 4) is 0 Å². The van der Waals surface area contributed by atoms with Gasteiger partial charge >= 0.3 is 11.9 Å². The minimum Gasteiger partial charge on any atom is -0.465 e. The molecule has 0 spiro atoms. The van der Waals surface area contributed by atoms with Crippen LogP contribution in [0.25, 0.3) is 0 Å². The maximum absolute atomic E-state index is 13.8. The molecule has 1 aliphatic heterocycles. The first-order chi connectivity index (χ1) is 18.5. The molecule has 2 aliphatic rings. The normalized spacial score (nSPS) is 22.1. The molecular weight excluding hydrogens is 480 g/mol. The van der Waals surface area contributed by atoms with Crippen LogP contribution < -0.4 is 5.32 Å². The molecule has 7 heteroatoms. The number of carbonyl (C=O) groups is 3. The average Bonchev–Trinajstić information content (AvgIpc) is 3.52. The van der Waals surface area contributed by atoms with Crippen molar-refractivity contribution < 1.29 is 23.9 Å². The van der Waals surface area contributed by atoms with Crippen LogP contribution in [-0.2, 0) is 30.3 Å². The fraction of sp³-hybridized carbons (Fsp3) is 0.710. The molecule has 0 aromatic heterocycles. The summed E-state index contributed by atoms with van der Waals surface area (Å²) in [5.41, 5.74) is 1.13. The number of hydrogen-bond donors (Lipinski definition) is 1. The Kier molecular flexibility index (Phi) is 12.6. The smallest absolute Gasteiger partial charge is 0.328 e. The van der Waals surface area contributed by atoms with Gasteiger partial charge in [-0.05, 0) is 63.9 Å². The number of nitrogens with zero attached hydrogens (tertiary/aromatic N) is 1. The zero-order valence-corrected chi connectivity index (χ0v) is 23.7. The minimum absolute atomic E-state index is 0.0729. The molecule has 5 unspecified atom stereocenters. The van der Waals surface area contributed by atoms with Crippen molar-refractivity contribution in [1.82, 2.24) is 10.2 Å². The Bertz CT molecular complexity index is 876. The lowest BCUT2D eigenvalue weighted by atomic mass is 10.0. The van der Waals surface area contributed by atoms with E-state index in [9.17, 15) is 14.4 Å². The lowest BCUT2D eigenvalue weighted by molar-refractivity contribution is -0.156. The van der Waals surface area contributed by atoms with Gasteiger partial charge in [-0.2, -0.15) is 0 Å². The monoisotopic (exact) mass is 528 g/mol. The van der Waals surface area contributed by atoms with Gasteiger partial charge in [0.05, 0.1) is 19.3 Å². The van der Waals surface area contributed by atoms with Gasteiger partial charge in [0.1, 0.15) is 12.1 Å². The second kappa shape index (κ2) is 15.9. The molecule has 1 aliphatic carbocycles. The number of unbranched alkanes of at least 4 members (excludes halogenated alkanes) is 5. The second-order valence-corrected chi connectivity index (χ2v) is 10.9. The number of hydrogen-bond acceptors (Lipinski definition) is 6. The second-order valence-electron chi connectivity index (χ2n) is 10.9. The Morgan fingerprint density at radius 1 is 1.00 bits per heavy atom. The third-order valence-corrected chi connectivity index (χ3v) is 8.06. The van der Waals surface area contributed by atoms with Crippen molar-refractivity contribution in [3.05, 3.63) is 35.9 Å². The maximum atomic E-state index is 13.8. The summed E-state index contributed by atoms with van der Waals surface area (Å²) in [6.45, 7) is 6.47. The van der Waals surface area contributed by atoms with E-state index in [1.54, 1.807) is 18.7 Å². The molecule has 3 rings (SSSR count). The number of esters is 2. The van der Waals surface area contributed by atoms with Gasteiger partial charge < -0.3 is 14.4 Å². The van der Waals surface area contributed by atoms with Crippen molar-refractivity contribution in [3.63, 3.8) is 0 Å². The molecule has 1 N–H and O–H groups in total. The molecule has 212 valence electrons. The highest BCUT2D eigenvalue weighted by Crippen LogP contribution is 2.42. The summed E-state index contributed by atoms with van der Waals surface area (Å²) in [5.74, 6) is -0.413. The highest BCUT2D eigenvalue weighted by atomic mass is 16.5. The standard InChI is InChI=1S/C31H48N2O5/c1-4-6-7-8-9-13-21-38-31(36)28-22-25-17-14-18-27(25)33(28)29(34)23(3)32-26(30(35)37-5-2)20-19-24-15-11-10-12-16-24/h10-12,15-16,23,25-28,32H,4-9,13-14,17-22H2,1-3H3. The van der Waals surface area contributed by atoms with E-state index in [-0.39, 0.29) is 30.5 Å². The summed E-state index contributed by atoms with van der Waals surface area (Å²) < 4.78 is 11.0. The summed E-state index contributed by atoms with van der Waals surface area (Å²) in [6, 6.07) is 8.30. The zero-order chi connectivity index (χ0) is 27.3. The Balaban J connectivity index is 1.60. The lowest BCUT2D eigenvalue weighted by Crippen LogP contribution is -2.55. The molecule has 1 aromatic rings. The quantitative estimate of drug-likeness (QED) is 0.234. The van der Waals surface area contributed by atoms with Crippen LogP contribution >= 0.6 is 0 Å². The van der Waals surface area contributed by atoms with Gasteiger partial charge in [0.15, 0.2) is 0 Å². The average molecular weight is 529 g/mol. The Labute approximate surface area is 229 Å². The van der Waals surface area contributed by atoms with Crippen molar-refractivity contribution in [2.45, 2.75) is 122 Å². The Morgan fingerprint density at radius 3 is 2.47 bits per heavy atom. The van der Waals surface area contributed by atoms with E-state index in [1.165, 1.54) is 25.7 Å². The van der Waals surface area contributed by atoms with Gasteiger partial charge in [-0.15, -0.1) is 0 Å². The highest BCUT2D eigenvalue weighted by Gasteiger charge is 2.50. The van der Waals surface area contributed by atoms with Gasteiger partial charge in [-0.25, -0.2) is 4.79 Å². The molecule has 2 fully saturated rings. The predicted octanol–water partition coefficient (Wildman–Crippen LogP) is 5.20. The molecule has 1 aromatic carbocycles. The van der Waals surface area contributed by atoms with Crippen molar-refractivity contribution >= 4 is 17.8 Å². The number of nitrogens with one attached hydrogen (secondary N) is 1. The van der Waals surface area contributed by atoms with Crippen LogP contribution in [0.5, 0.6) is 0 Å². The number of amides is 1. The van der Waals surface area contributed by atoms with Crippen LogP contribution in [0.15, 0.2) is 30.3 Å². The topological polar surface area (TPSA) is 84.9 Å². The van der Waals surface area contributed by atoms with Crippen LogP contribution in [0.3, 0.4) is 0 Å². The predicted molar refractivity (Wildman–Crippen MR) is 148 cm³/mol. The van der Waals surface area contributed by atoms with E-state index in [1.807, 2.05) is 30.3 Å². The first-order valence-corrected chi connectivity index (χ1v) is 14.9. The van der Waals surface area contributed by atoms with E-state index in [2.05, 4.69) is 12.2 Å². The van der Waals surface area contributed by atoms with Gasteiger partial charge in [0.2, 0.25) is 5.91 Å². The number of carbonyl (C=O) groups excluding carboxylic acids is 3. The van der Waals surface area contributed by atoms with Crippen LogP contribution in [0, 0.1) is 5.92 Å². The number of fused-ring (bicyclic) bond motifs is 1. The number of aryl methyl sites for hydroxylation is 1. The Morgan fingerprint density at radius 2 is 1.74 bits per heavy atom. The number of rotatable bonds is 16. The summed E-state index contributed by atoms with van der Waals surface area (Å²) in [7, 11) is 0. The molecule has 0 radical (unpaired) electrons. The lowest BCUT2D eigenvalue weighted by Gasteiger charge is -2.32. The first-order valence-electron chi connectivity index (χ1n) is 14.9. The van der Waals surface area contributed by atoms with E-state index >= 15 is 0 Å². The van der Waals surface area contributed by atoms with Crippen molar-refractivity contribution in [2.24, 2.45) is 5.92 Å². The minimum atomic E-state index is -0.617. The molecule has 0 bridgehead atoms. The fourth-order valence-corrected chi connectivity index (χ4v) is 6.03. The summed E-state index contributed by atoms with van der Waals surface area (Å²) >= 11 is 0. The number of ether oxygens (including phenoxy) is 2. The summed E-state index contributed by atoms with van der Waals surface area (Å²) in [4.78, 5) is 41.4. The van der Waals surface area contributed by atoms with Gasteiger partial charge in [0.25, 0.3) is 0 Å². The van der Waals surface area contributed by atoms with Crippen LogP contribution in [0.2, 0.25) is 0 Å². The van der Waals surface area contributed by atoms with Gasteiger partial charge in [-0.1, -0.05) is 75.8 Å². The Hall–Kier alpha value is -2.41. The molecular formula is C31H48N2O5. The summed E-state index contributed by atoms with van der Waals surface area (Å²) in [5, 5.41) is 3.25. The van der Waals surface area contributed by atoms with Gasteiger partial charge in [-0.3, -0.25) is 14.9 Å². The fourth-order valence-electron chi connectivity index (χ4n) is 6.03. The van der Waals surface area contributed by atoms with Crippen LogP contribution in [-0.4, -0.2) is 60.1 Å². The van der Waals surface area contributed by atoms with E-state index in [4.69, 9.17) is 9.47 Å². The number of benzene rings is 1. The molecule has 1 heterocycles. The molecule has 5 atom stereocenters. The maximum Gasteiger partial charge on any atom is 0.328 e. The first kappa shape index (κ1) is 30.1. The SMILES string of the molecule is CCCCCCCCOC(=O)C1CC2CCCC2N1C(=O)C(C)NC(CCc1ccccc1)C(=O)OCC. The molecule has 1 saturated carbocycles.